The predicted octanol–water partition coefficient (Wildman–Crippen LogP) is 3.11. The molecule has 2 aliphatic heterocycles. The van der Waals surface area contributed by atoms with Crippen molar-refractivity contribution >= 4 is 5.71 Å². The molecule has 2 aliphatic rings. The molecule has 0 bridgehead atoms. The van der Waals surface area contributed by atoms with Gasteiger partial charge in [0.2, 0.25) is 0 Å². The Kier molecular flexibility index (Phi) is 3.52. The van der Waals surface area contributed by atoms with Crippen molar-refractivity contribution in [3.63, 3.8) is 0 Å². The Labute approximate surface area is 126 Å². The van der Waals surface area contributed by atoms with Crippen LogP contribution in [-0.2, 0) is 0 Å². The van der Waals surface area contributed by atoms with Gasteiger partial charge >= 0.3 is 6.18 Å². The van der Waals surface area contributed by atoms with Gasteiger partial charge in [-0.15, -0.1) is 0 Å². The smallest absolute Gasteiger partial charge is 0.261 e. The first kappa shape index (κ1) is 14.8. The fourth-order valence-electron chi connectivity index (χ4n) is 2.51. The second-order valence-corrected chi connectivity index (χ2v) is 5.21. The van der Waals surface area contributed by atoms with Gasteiger partial charge in [-0.3, -0.25) is 9.99 Å². The van der Waals surface area contributed by atoms with Crippen LogP contribution in [0.25, 0.3) is 0 Å². The minimum Gasteiger partial charge on any atom is -0.261 e. The molecule has 4 nitrogen and oxygen atoms in total. The second kappa shape index (κ2) is 5.24. The highest BCUT2D eigenvalue weighted by Crippen LogP contribution is 2.34. The van der Waals surface area contributed by atoms with Gasteiger partial charge in [0.05, 0.1) is 11.4 Å². The van der Waals surface area contributed by atoms with Gasteiger partial charge in [0, 0.05) is 18.4 Å². The van der Waals surface area contributed by atoms with E-state index in [1.807, 2.05) is 12.1 Å². The number of fused-ring (bicyclic) bond motifs is 1. The topological polar surface area (TPSA) is 31.7 Å². The number of alkyl halides is 3. The van der Waals surface area contributed by atoms with Crippen molar-refractivity contribution in [2.75, 3.05) is 6.54 Å². The summed E-state index contributed by atoms with van der Waals surface area (Å²) in [5.41, 5.74) is 2.04. The molecule has 22 heavy (non-hydrogen) atoms. The number of nitrogens with zero attached hydrogens (tertiary/aromatic N) is 4. The first-order valence-corrected chi connectivity index (χ1v) is 6.90. The van der Waals surface area contributed by atoms with E-state index < -0.39 is 12.2 Å². The highest BCUT2D eigenvalue weighted by molar-refractivity contribution is 6.08. The summed E-state index contributed by atoms with van der Waals surface area (Å²) in [7, 11) is 0. The average molecular weight is 308 g/mol. The molecule has 3 heterocycles. The zero-order valence-corrected chi connectivity index (χ0v) is 12.2. The molecular formula is C15H15F3N4. The van der Waals surface area contributed by atoms with E-state index in [4.69, 9.17) is 0 Å². The van der Waals surface area contributed by atoms with E-state index in [9.17, 15) is 13.2 Å². The molecular weight excluding hydrogens is 293 g/mol. The van der Waals surface area contributed by atoms with Crippen molar-refractivity contribution in [3.8, 4) is 0 Å². The highest BCUT2D eigenvalue weighted by Gasteiger charge is 2.45. The maximum atomic E-state index is 13.0. The molecule has 0 spiro atoms. The van der Waals surface area contributed by atoms with Gasteiger partial charge < -0.3 is 0 Å². The first-order valence-electron chi connectivity index (χ1n) is 6.90. The lowest BCUT2D eigenvalue weighted by atomic mass is 10.2. The van der Waals surface area contributed by atoms with Gasteiger partial charge in [-0.05, 0) is 38.1 Å². The van der Waals surface area contributed by atoms with Crippen molar-refractivity contribution in [1.29, 1.82) is 0 Å². The summed E-state index contributed by atoms with van der Waals surface area (Å²) in [6.07, 6.45) is 0.825. The Balaban J connectivity index is 1.90. The number of aromatic nitrogens is 1. The van der Waals surface area contributed by atoms with Crippen molar-refractivity contribution in [1.82, 2.24) is 15.0 Å². The van der Waals surface area contributed by atoms with Gasteiger partial charge in [0.1, 0.15) is 11.9 Å². The van der Waals surface area contributed by atoms with Crippen LogP contribution in [0.2, 0.25) is 0 Å². The summed E-state index contributed by atoms with van der Waals surface area (Å²) in [4.78, 5) is 8.66. The fraction of sp³-hybridized carbons (Fsp3) is 0.333. The van der Waals surface area contributed by atoms with E-state index in [0.717, 1.165) is 6.92 Å². The van der Waals surface area contributed by atoms with E-state index in [0.29, 0.717) is 22.9 Å². The summed E-state index contributed by atoms with van der Waals surface area (Å²) in [5, 5.41) is 2.78. The summed E-state index contributed by atoms with van der Waals surface area (Å²) in [5.74, 6) is 0.511. The Hall–Kier alpha value is -2.15. The van der Waals surface area contributed by atoms with E-state index in [2.05, 4.69) is 9.98 Å². The lowest BCUT2D eigenvalue weighted by Gasteiger charge is -2.37. The van der Waals surface area contributed by atoms with Crippen LogP contribution in [0, 0.1) is 0 Å². The van der Waals surface area contributed by atoms with Crippen LogP contribution < -0.4 is 0 Å². The minimum absolute atomic E-state index is 0.181. The molecule has 116 valence electrons. The van der Waals surface area contributed by atoms with Crippen LogP contribution in [0.1, 0.15) is 19.5 Å². The Morgan fingerprint density at radius 2 is 2.05 bits per heavy atom. The zero-order valence-electron chi connectivity index (χ0n) is 12.2. The molecule has 1 aromatic heterocycles. The molecule has 0 fully saturated rings. The van der Waals surface area contributed by atoms with Crippen LogP contribution in [0.4, 0.5) is 13.2 Å². The van der Waals surface area contributed by atoms with Gasteiger partial charge in [-0.1, -0.05) is 6.07 Å². The standard InChI is InChI=1S/C15H15F3N4/c1-10-9-13(12-5-3-4-7-19-12)20-14-6-8-21(22(10)14)11(2)15(16,17)18/h3-7,9,11H,8H2,1-2H3. The molecule has 1 aromatic rings. The normalized spacial score (nSPS) is 20.2. The lowest BCUT2D eigenvalue weighted by molar-refractivity contribution is -0.201. The third-order valence-corrected chi connectivity index (χ3v) is 3.70. The van der Waals surface area contributed by atoms with Crippen molar-refractivity contribution in [3.05, 3.63) is 53.8 Å². The molecule has 0 N–H and O–H groups in total. The Morgan fingerprint density at radius 3 is 2.68 bits per heavy atom. The monoisotopic (exact) mass is 308 g/mol. The molecule has 1 unspecified atom stereocenters. The molecule has 0 saturated carbocycles. The molecule has 1 atom stereocenters. The summed E-state index contributed by atoms with van der Waals surface area (Å²) < 4.78 is 38.9. The maximum Gasteiger partial charge on any atom is 0.405 e. The molecule has 3 rings (SSSR count). The molecule has 0 aliphatic carbocycles. The van der Waals surface area contributed by atoms with Crippen molar-refractivity contribution in [2.45, 2.75) is 26.1 Å². The molecule has 0 radical (unpaired) electrons. The number of hydrogen-bond donors (Lipinski definition) is 0. The van der Waals surface area contributed by atoms with E-state index in [-0.39, 0.29) is 6.54 Å². The predicted molar refractivity (Wildman–Crippen MR) is 76.7 cm³/mol. The van der Waals surface area contributed by atoms with Crippen LogP contribution in [0.3, 0.4) is 0 Å². The zero-order chi connectivity index (χ0) is 15.9. The van der Waals surface area contributed by atoms with Crippen LogP contribution in [0.5, 0.6) is 0 Å². The van der Waals surface area contributed by atoms with Crippen LogP contribution >= 0.6 is 0 Å². The quantitative estimate of drug-likeness (QED) is 0.841. The molecule has 7 heteroatoms. The van der Waals surface area contributed by atoms with Gasteiger partial charge in [0.15, 0.2) is 0 Å². The van der Waals surface area contributed by atoms with Gasteiger partial charge in [-0.2, -0.15) is 18.2 Å². The number of hydrogen-bond acceptors (Lipinski definition) is 4. The summed E-state index contributed by atoms with van der Waals surface area (Å²) >= 11 is 0. The number of aliphatic imine (C=N–C) groups is 1. The number of hydrazine groups is 1. The lowest BCUT2D eigenvalue weighted by Crippen LogP contribution is -2.49. The highest BCUT2D eigenvalue weighted by atomic mass is 19.4. The van der Waals surface area contributed by atoms with Crippen LogP contribution in [-0.4, -0.2) is 39.5 Å². The Morgan fingerprint density at radius 1 is 1.27 bits per heavy atom. The van der Waals surface area contributed by atoms with Gasteiger partial charge in [-0.25, -0.2) is 4.99 Å². The molecule has 0 amide bonds. The Bertz CT molecular complexity index is 661. The van der Waals surface area contributed by atoms with Crippen LogP contribution in [0.15, 0.2) is 53.1 Å². The SMILES string of the molecule is CC1=CC(c2ccccn2)=NC2=CCN(C(C)C(F)(F)F)N12. The third kappa shape index (κ3) is 2.52. The largest absolute Gasteiger partial charge is 0.405 e. The van der Waals surface area contributed by atoms with E-state index >= 15 is 0 Å². The average Bonchev–Trinajstić information content (AvgIpc) is 2.90. The van der Waals surface area contributed by atoms with Crippen molar-refractivity contribution in [2.24, 2.45) is 4.99 Å². The summed E-state index contributed by atoms with van der Waals surface area (Å²) in [6, 6.07) is 3.90. The molecule has 0 aromatic carbocycles. The minimum atomic E-state index is -4.28. The fourth-order valence-corrected chi connectivity index (χ4v) is 2.51. The number of allylic oxidation sites excluding steroid dienone is 2. The number of rotatable bonds is 2. The third-order valence-electron chi connectivity index (χ3n) is 3.70. The summed E-state index contributed by atoms with van der Waals surface area (Å²) in [6.45, 7) is 3.11. The van der Waals surface area contributed by atoms with E-state index in [1.54, 1.807) is 31.3 Å². The van der Waals surface area contributed by atoms with Gasteiger partial charge in [0.25, 0.3) is 0 Å². The van der Waals surface area contributed by atoms with Crippen molar-refractivity contribution < 1.29 is 13.2 Å². The molecule has 0 saturated heterocycles. The maximum absolute atomic E-state index is 13.0. The second-order valence-electron chi connectivity index (χ2n) is 5.21. The number of halogens is 3. The van der Waals surface area contributed by atoms with E-state index in [1.165, 1.54) is 10.0 Å². The number of pyridine rings is 1. The first-order chi connectivity index (χ1) is 10.4.